The number of nitrogens with zero attached hydrogens (tertiary/aromatic N) is 1. The summed E-state index contributed by atoms with van der Waals surface area (Å²) in [6.45, 7) is 2.59. The van der Waals surface area contributed by atoms with E-state index in [0.29, 0.717) is 36.3 Å². The number of hydrogen-bond acceptors (Lipinski definition) is 5. The third kappa shape index (κ3) is 6.21. The van der Waals surface area contributed by atoms with E-state index in [9.17, 15) is 9.18 Å². The van der Waals surface area contributed by atoms with Crippen LogP contribution >= 0.6 is 0 Å². The first-order chi connectivity index (χ1) is 14.1. The molecule has 1 aromatic heterocycles. The molecule has 1 heterocycles. The smallest absolute Gasteiger partial charge is 0.258 e. The molecule has 3 rings (SSSR count). The fourth-order valence-corrected chi connectivity index (χ4v) is 2.43. The number of aromatic nitrogens is 1. The van der Waals surface area contributed by atoms with E-state index in [-0.39, 0.29) is 18.3 Å². The molecule has 1 amide bonds. The van der Waals surface area contributed by atoms with Crippen LogP contribution in [0.5, 0.6) is 23.1 Å². The number of hydrogen-bond donors (Lipinski definition) is 1. The summed E-state index contributed by atoms with van der Waals surface area (Å²) in [5.74, 6) is 1.43. The van der Waals surface area contributed by atoms with Gasteiger partial charge in [0, 0.05) is 18.8 Å². The van der Waals surface area contributed by atoms with E-state index in [1.165, 1.54) is 24.3 Å². The van der Waals surface area contributed by atoms with E-state index in [4.69, 9.17) is 14.2 Å². The average molecular weight is 396 g/mol. The molecule has 0 aliphatic heterocycles. The van der Waals surface area contributed by atoms with Crippen molar-refractivity contribution in [2.75, 3.05) is 13.2 Å². The highest BCUT2D eigenvalue weighted by Gasteiger charge is 2.07. The van der Waals surface area contributed by atoms with Crippen LogP contribution in [0.4, 0.5) is 4.39 Å². The van der Waals surface area contributed by atoms with Crippen molar-refractivity contribution in [2.24, 2.45) is 0 Å². The van der Waals surface area contributed by atoms with Crippen LogP contribution in [-0.4, -0.2) is 24.1 Å². The lowest BCUT2D eigenvalue weighted by molar-refractivity contribution is -0.123. The lowest BCUT2D eigenvalue weighted by atomic mass is 10.3. The summed E-state index contributed by atoms with van der Waals surface area (Å²) >= 11 is 0. The number of carbonyl (C=O) groups is 1. The molecule has 0 fully saturated rings. The van der Waals surface area contributed by atoms with Crippen LogP contribution in [0.25, 0.3) is 0 Å². The first kappa shape index (κ1) is 20.1. The van der Waals surface area contributed by atoms with Crippen LogP contribution in [0.1, 0.15) is 12.5 Å². The number of halogens is 1. The van der Waals surface area contributed by atoms with Crippen LogP contribution < -0.4 is 19.5 Å². The van der Waals surface area contributed by atoms with Gasteiger partial charge in [0.15, 0.2) is 18.1 Å². The van der Waals surface area contributed by atoms with Gasteiger partial charge in [0.2, 0.25) is 5.88 Å². The molecule has 2 aromatic carbocycles. The van der Waals surface area contributed by atoms with Gasteiger partial charge in [-0.05, 0) is 48.9 Å². The van der Waals surface area contributed by atoms with Gasteiger partial charge in [0.05, 0.1) is 6.61 Å². The maximum Gasteiger partial charge on any atom is 0.258 e. The molecule has 0 saturated carbocycles. The summed E-state index contributed by atoms with van der Waals surface area (Å²) in [5.41, 5.74) is 0.811. The first-order valence-corrected chi connectivity index (χ1v) is 9.13. The fourth-order valence-electron chi connectivity index (χ4n) is 2.43. The van der Waals surface area contributed by atoms with Gasteiger partial charge in [0.25, 0.3) is 5.91 Å². The predicted molar refractivity (Wildman–Crippen MR) is 106 cm³/mol. The molecule has 0 aliphatic carbocycles. The zero-order valence-electron chi connectivity index (χ0n) is 15.9. The second-order valence-electron chi connectivity index (χ2n) is 6.01. The van der Waals surface area contributed by atoms with Crippen LogP contribution in [0.3, 0.4) is 0 Å². The van der Waals surface area contributed by atoms with Crippen molar-refractivity contribution in [3.05, 3.63) is 78.2 Å². The van der Waals surface area contributed by atoms with Crippen molar-refractivity contribution in [3.63, 3.8) is 0 Å². The minimum absolute atomic E-state index is 0.158. The minimum Gasteiger partial charge on any atom is -0.490 e. The first-order valence-electron chi connectivity index (χ1n) is 9.13. The van der Waals surface area contributed by atoms with Crippen molar-refractivity contribution in [2.45, 2.75) is 13.5 Å². The lowest BCUT2D eigenvalue weighted by Crippen LogP contribution is -2.28. The van der Waals surface area contributed by atoms with Gasteiger partial charge in [-0.15, -0.1) is 0 Å². The van der Waals surface area contributed by atoms with E-state index in [1.54, 1.807) is 12.3 Å². The van der Waals surface area contributed by atoms with E-state index in [2.05, 4.69) is 10.3 Å². The molecule has 29 heavy (non-hydrogen) atoms. The molecule has 7 heteroatoms. The monoisotopic (exact) mass is 396 g/mol. The number of para-hydroxylation sites is 2. The molecule has 0 atom stereocenters. The van der Waals surface area contributed by atoms with Gasteiger partial charge in [-0.3, -0.25) is 4.79 Å². The Labute approximate surface area is 168 Å². The largest absolute Gasteiger partial charge is 0.490 e. The van der Waals surface area contributed by atoms with Gasteiger partial charge in [-0.1, -0.05) is 18.2 Å². The minimum atomic E-state index is -0.358. The Kier molecular flexibility index (Phi) is 7.00. The normalized spacial score (nSPS) is 10.3. The number of amides is 1. The molecule has 1 N–H and O–H groups in total. The zero-order chi connectivity index (χ0) is 20.5. The molecule has 0 radical (unpaired) electrons. The number of ether oxygens (including phenoxy) is 3. The summed E-state index contributed by atoms with van der Waals surface area (Å²) in [6.07, 6.45) is 1.62. The predicted octanol–water partition coefficient (Wildman–Crippen LogP) is 4.11. The molecule has 6 nitrogen and oxygen atoms in total. The highest BCUT2D eigenvalue weighted by Crippen LogP contribution is 2.30. The Bertz CT molecular complexity index is 930. The highest BCUT2D eigenvalue weighted by atomic mass is 19.1. The standard InChI is InChI=1S/C22H21FN2O4/c1-2-27-19-5-3-4-6-20(19)29-22-12-7-16(14-25-22)13-24-21(26)15-28-18-10-8-17(23)9-11-18/h3-12,14H,2,13,15H2,1H3,(H,24,26). The van der Waals surface area contributed by atoms with E-state index in [1.807, 2.05) is 37.3 Å². The Morgan fingerprint density at radius 3 is 2.45 bits per heavy atom. The Hall–Kier alpha value is -3.61. The molecule has 3 aromatic rings. The van der Waals surface area contributed by atoms with E-state index < -0.39 is 0 Å². The summed E-state index contributed by atoms with van der Waals surface area (Å²) in [6, 6.07) is 16.4. The van der Waals surface area contributed by atoms with Crippen molar-refractivity contribution >= 4 is 5.91 Å². The number of rotatable bonds is 9. The molecule has 150 valence electrons. The molecule has 0 spiro atoms. The van der Waals surface area contributed by atoms with Crippen molar-refractivity contribution < 1.29 is 23.4 Å². The second-order valence-corrected chi connectivity index (χ2v) is 6.01. The van der Waals surface area contributed by atoms with Crippen molar-refractivity contribution in [1.82, 2.24) is 10.3 Å². The molecule has 0 bridgehead atoms. The summed E-state index contributed by atoms with van der Waals surface area (Å²) < 4.78 is 29.4. The number of benzene rings is 2. The summed E-state index contributed by atoms with van der Waals surface area (Å²) in [4.78, 5) is 16.2. The van der Waals surface area contributed by atoms with Gasteiger partial charge >= 0.3 is 0 Å². The topological polar surface area (TPSA) is 69.7 Å². The number of pyridine rings is 1. The third-order valence-electron chi connectivity index (χ3n) is 3.83. The maximum atomic E-state index is 12.8. The molecule has 0 aliphatic rings. The van der Waals surface area contributed by atoms with Gasteiger partial charge in [0.1, 0.15) is 11.6 Å². The van der Waals surface area contributed by atoms with Crippen molar-refractivity contribution in [1.29, 1.82) is 0 Å². The van der Waals surface area contributed by atoms with E-state index >= 15 is 0 Å². The molecular formula is C22H21FN2O4. The van der Waals surface area contributed by atoms with Gasteiger partial charge in [-0.25, -0.2) is 9.37 Å². The molecule has 0 saturated heterocycles. The lowest BCUT2D eigenvalue weighted by Gasteiger charge is -2.11. The SMILES string of the molecule is CCOc1ccccc1Oc1ccc(CNC(=O)COc2ccc(F)cc2)cn1. The van der Waals surface area contributed by atoms with Crippen LogP contribution in [-0.2, 0) is 11.3 Å². The molecule has 0 unspecified atom stereocenters. The highest BCUT2D eigenvalue weighted by molar-refractivity contribution is 5.77. The summed E-state index contributed by atoms with van der Waals surface area (Å²) in [5, 5.41) is 2.74. The number of carbonyl (C=O) groups excluding carboxylic acids is 1. The Balaban J connectivity index is 1.48. The Morgan fingerprint density at radius 1 is 1.00 bits per heavy atom. The van der Waals surface area contributed by atoms with E-state index in [0.717, 1.165) is 5.56 Å². The van der Waals surface area contributed by atoms with Crippen molar-refractivity contribution in [3.8, 4) is 23.1 Å². The van der Waals surface area contributed by atoms with Gasteiger partial charge < -0.3 is 19.5 Å². The third-order valence-corrected chi connectivity index (χ3v) is 3.83. The maximum absolute atomic E-state index is 12.8. The van der Waals surface area contributed by atoms with Gasteiger partial charge in [-0.2, -0.15) is 0 Å². The zero-order valence-corrected chi connectivity index (χ0v) is 15.9. The number of nitrogens with one attached hydrogen (secondary N) is 1. The van der Waals surface area contributed by atoms with Crippen LogP contribution in [0, 0.1) is 5.82 Å². The fraction of sp³-hybridized carbons (Fsp3) is 0.182. The van der Waals surface area contributed by atoms with Crippen LogP contribution in [0.15, 0.2) is 66.9 Å². The second kappa shape index (κ2) is 10.1. The average Bonchev–Trinajstić information content (AvgIpc) is 2.74. The summed E-state index contributed by atoms with van der Waals surface area (Å²) in [7, 11) is 0. The van der Waals surface area contributed by atoms with Crippen LogP contribution in [0.2, 0.25) is 0 Å². The quantitative estimate of drug-likeness (QED) is 0.590. The molecular weight excluding hydrogens is 375 g/mol. The Morgan fingerprint density at radius 2 is 1.76 bits per heavy atom.